The topological polar surface area (TPSA) is 176 Å². The lowest BCUT2D eigenvalue weighted by atomic mass is 9.47. The summed E-state index contributed by atoms with van der Waals surface area (Å²) < 4.78 is 0. The second kappa shape index (κ2) is 11.4. The van der Waals surface area contributed by atoms with Gasteiger partial charge in [0.2, 0.25) is 0 Å². The number of rotatable bonds is 8. The maximum atomic E-state index is 12.5. The summed E-state index contributed by atoms with van der Waals surface area (Å²) in [4.78, 5) is 29.6. The first-order valence-electron chi connectivity index (χ1n) is 14.6. The molecule has 41 heavy (non-hydrogen) atoms. The molecule has 4 aliphatic carbocycles. The van der Waals surface area contributed by atoms with Crippen LogP contribution in [-0.2, 0) is 14.4 Å². The van der Waals surface area contributed by atoms with Crippen molar-refractivity contribution in [2.75, 3.05) is 6.61 Å². The smallest absolute Gasteiger partial charge is 0.329 e. The Labute approximate surface area is 239 Å². The number of nitrogens with zero attached hydrogens (tertiary/aromatic N) is 1. The van der Waals surface area contributed by atoms with Crippen LogP contribution in [0.5, 0.6) is 0 Å². The molecule has 1 aromatic carbocycles. The molecule has 6 N–H and O–H groups in total. The van der Waals surface area contributed by atoms with Gasteiger partial charge in [-0.15, -0.1) is 0 Å². The van der Waals surface area contributed by atoms with Crippen molar-refractivity contribution < 1.29 is 40.2 Å². The molecule has 9 atom stereocenters. The molecule has 1 aromatic rings. The van der Waals surface area contributed by atoms with Gasteiger partial charge in [0.1, 0.15) is 6.10 Å². The molecule has 5 rings (SSSR count). The van der Waals surface area contributed by atoms with Crippen LogP contribution in [0.15, 0.2) is 41.1 Å². The lowest BCUT2D eigenvalue weighted by molar-refractivity contribution is -0.991. The van der Waals surface area contributed by atoms with Gasteiger partial charge in [-0.05, 0) is 91.6 Å². The van der Waals surface area contributed by atoms with Crippen LogP contribution in [-0.4, -0.2) is 56.9 Å². The van der Waals surface area contributed by atoms with E-state index in [0.29, 0.717) is 24.2 Å². The number of aliphatic carboxylic acids is 1. The Morgan fingerprint density at radius 2 is 1.95 bits per heavy atom. The number of quaternary nitrogens is 1. The molecule has 0 bridgehead atoms. The van der Waals surface area contributed by atoms with Gasteiger partial charge in [-0.2, -0.15) is 5.23 Å². The van der Waals surface area contributed by atoms with Crippen molar-refractivity contribution in [2.45, 2.75) is 83.5 Å². The van der Waals surface area contributed by atoms with Gasteiger partial charge in [0.05, 0.1) is 11.8 Å². The van der Waals surface area contributed by atoms with Crippen molar-refractivity contribution in [3.8, 4) is 0 Å². The van der Waals surface area contributed by atoms with Crippen molar-refractivity contribution in [3.63, 3.8) is 0 Å². The molecule has 0 aromatic heterocycles. The second-order valence-corrected chi connectivity index (χ2v) is 12.8. The lowest BCUT2D eigenvalue weighted by Crippen LogP contribution is -2.99. The Morgan fingerprint density at radius 1 is 1.17 bits per heavy atom. The lowest BCUT2D eigenvalue weighted by Gasteiger charge is -2.57. The molecule has 11 nitrogen and oxygen atoms in total. The number of carbonyl (C=O) groups excluding carboxylic acids is 1. The average Bonchev–Trinajstić information content (AvgIpc) is 3.25. The number of carbonyl (C=O) groups is 2. The maximum Gasteiger partial charge on any atom is 0.329 e. The van der Waals surface area contributed by atoms with E-state index < -0.39 is 35.9 Å². The SMILES string of the molecule is C[C@]12CC[C@@H]3[C@H](CCC4=CC(=NOCC(=O)N[C@H](C(=O)O)[C@H](O)c5cccc([NH+]([O-])O)c5)CC[C@@]43C)[C@@H]1CC[C@@H]2O. The van der Waals surface area contributed by atoms with E-state index in [4.69, 9.17) is 10.0 Å². The highest BCUT2D eigenvalue weighted by Gasteiger charge is 2.58. The third-order valence-corrected chi connectivity index (χ3v) is 10.7. The minimum Gasteiger partial charge on any atom is -0.595 e. The zero-order chi connectivity index (χ0) is 29.5. The molecule has 1 amide bonds. The van der Waals surface area contributed by atoms with Crippen molar-refractivity contribution in [2.24, 2.45) is 33.7 Å². The van der Waals surface area contributed by atoms with Crippen molar-refractivity contribution >= 4 is 23.3 Å². The number of aliphatic hydroxyl groups excluding tert-OH is 2. The van der Waals surface area contributed by atoms with Crippen molar-refractivity contribution in [1.29, 1.82) is 0 Å². The maximum absolute atomic E-state index is 12.5. The van der Waals surface area contributed by atoms with Gasteiger partial charge < -0.3 is 30.7 Å². The van der Waals surface area contributed by atoms with Crippen LogP contribution in [0.4, 0.5) is 5.69 Å². The molecular weight excluding hydrogens is 530 g/mol. The van der Waals surface area contributed by atoms with E-state index >= 15 is 0 Å². The minimum absolute atomic E-state index is 0.0483. The second-order valence-electron chi connectivity index (χ2n) is 12.8. The summed E-state index contributed by atoms with van der Waals surface area (Å²) in [6.45, 7) is 4.13. The molecule has 0 aliphatic heterocycles. The van der Waals surface area contributed by atoms with E-state index in [1.54, 1.807) is 0 Å². The highest BCUT2D eigenvalue weighted by atomic mass is 16.8. The molecule has 0 saturated heterocycles. The summed E-state index contributed by atoms with van der Waals surface area (Å²) in [6.07, 6.45) is 8.24. The monoisotopic (exact) mass is 571 g/mol. The van der Waals surface area contributed by atoms with Crippen molar-refractivity contribution in [3.05, 3.63) is 46.7 Å². The molecule has 3 saturated carbocycles. The molecule has 0 heterocycles. The first-order valence-corrected chi connectivity index (χ1v) is 14.6. The van der Waals surface area contributed by atoms with Crippen LogP contribution in [0.1, 0.15) is 76.9 Å². The summed E-state index contributed by atoms with van der Waals surface area (Å²) in [5.74, 6) is -0.431. The van der Waals surface area contributed by atoms with Gasteiger partial charge >= 0.3 is 5.97 Å². The number of carboxylic acid groups (broad SMARTS) is 1. The zero-order valence-electron chi connectivity index (χ0n) is 23.6. The van der Waals surface area contributed by atoms with Gasteiger partial charge in [0.15, 0.2) is 18.3 Å². The number of amides is 1. The van der Waals surface area contributed by atoms with Crippen LogP contribution in [0.25, 0.3) is 0 Å². The quantitative estimate of drug-likeness (QED) is 0.258. The number of carboxylic acids is 1. The van der Waals surface area contributed by atoms with Crippen LogP contribution >= 0.6 is 0 Å². The highest BCUT2D eigenvalue weighted by molar-refractivity contribution is 5.96. The molecule has 1 unspecified atom stereocenters. The van der Waals surface area contributed by atoms with Gasteiger partial charge in [-0.3, -0.25) is 4.79 Å². The van der Waals surface area contributed by atoms with E-state index in [-0.39, 0.29) is 28.2 Å². The number of fused-ring (bicyclic) bond motifs is 5. The van der Waals surface area contributed by atoms with Gasteiger partial charge in [0, 0.05) is 12.1 Å². The summed E-state index contributed by atoms with van der Waals surface area (Å²) in [6, 6.07) is 3.57. The van der Waals surface area contributed by atoms with Gasteiger partial charge in [-0.1, -0.05) is 36.7 Å². The largest absolute Gasteiger partial charge is 0.595 e. The Balaban J connectivity index is 1.19. The first-order chi connectivity index (χ1) is 19.4. The van der Waals surface area contributed by atoms with Gasteiger partial charge in [-0.25, -0.2) is 10.0 Å². The Bertz CT molecular complexity index is 1230. The number of hydrogen-bond acceptors (Lipinski definition) is 8. The Hall–Kier alpha value is -2.83. The molecule has 0 radical (unpaired) electrons. The molecule has 0 spiro atoms. The fraction of sp³-hybridized carbons (Fsp3) is 0.633. The van der Waals surface area contributed by atoms with Gasteiger partial charge in [0.25, 0.3) is 5.91 Å². The van der Waals surface area contributed by atoms with E-state index in [9.17, 15) is 30.1 Å². The summed E-state index contributed by atoms with van der Waals surface area (Å²) in [5, 5.41) is 56.4. The third-order valence-electron chi connectivity index (χ3n) is 10.7. The summed E-state index contributed by atoms with van der Waals surface area (Å²) in [7, 11) is 0. The zero-order valence-corrected chi connectivity index (χ0v) is 23.6. The molecule has 11 heteroatoms. The number of oxime groups is 1. The average molecular weight is 572 g/mol. The molecule has 3 fully saturated rings. The Morgan fingerprint density at radius 3 is 2.68 bits per heavy atom. The number of allylic oxidation sites excluding steroid dienone is 2. The number of benzene rings is 1. The number of nitrogens with one attached hydrogen (secondary N) is 2. The van der Waals surface area contributed by atoms with E-state index in [0.717, 1.165) is 50.7 Å². The summed E-state index contributed by atoms with van der Waals surface area (Å²) >= 11 is 0. The molecule has 224 valence electrons. The molecular formula is C30H41N3O8. The predicted molar refractivity (Wildman–Crippen MR) is 148 cm³/mol. The van der Waals surface area contributed by atoms with E-state index in [1.807, 2.05) is 0 Å². The number of aliphatic hydroxyl groups is 2. The van der Waals surface area contributed by atoms with Crippen LogP contribution in [0.3, 0.4) is 0 Å². The standard InChI is InChI=1S/C30H41N3O8/c1-29-12-10-19(15-18(29)6-7-21-22-8-9-24(34)30(22,2)13-11-23(21)29)32-41-16-25(35)31-26(28(37)38)27(36)17-4-3-5-20(14-17)33(39)40/h3-5,14-15,21-24,26-27,33-34,36,39H,6-13,16H2,1-2H3,(H,31,35)(H,37,38)/t21-,22+,23-,24+,26+,27-,29+,30+/m1/s1. The first kappa shape index (κ1) is 29.7. The summed E-state index contributed by atoms with van der Waals surface area (Å²) in [5.41, 5.74) is 2.21. The fourth-order valence-electron chi connectivity index (χ4n) is 8.33. The normalized spacial score (nSPS) is 35.8. The van der Waals surface area contributed by atoms with E-state index in [2.05, 4.69) is 30.4 Å². The highest BCUT2D eigenvalue weighted by Crippen LogP contribution is 2.65. The van der Waals surface area contributed by atoms with Crippen molar-refractivity contribution in [1.82, 2.24) is 5.32 Å². The Kier molecular flexibility index (Phi) is 8.28. The fourth-order valence-corrected chi connectivity index (χ4v) is 8.33. The number of hydrogen-bond donors (Lipinski definition) is 6. The minimum atomic E-state index is -1.70. The van der Waals surface area contributed by atoms with E-state index in [1.165, 1.54) is 29.8 Å². The third kappa shape index (κ3) is 5.53. The van der Waals surface area contributed by atoms with Crippen LogP contribution in [0.2, 0.25) is 0 Å². The van der Waals surface area contributed by atoms with Crippen LogP contribution in [0, 0.1) is 33.8 Å². The van der Waals surface area contributed by atoms with Crippen LogP contribution < -0.4 is 10.5 Å². The molecule has 4 aliphatic rings. The predicted octanol–water partition coefficient (Wildman–Crippen LogP) is 2.39.